The molecule has 3 rings (SSSR count). The summed E-state index contributed by atoms with van der Waals surface area (Å²) in [5, 5.41) is 4.28. The first-order chi connectivity index (χ1) is 11.6. The molecule has 0 saturated heterocycles. The van der Waals surface area contributed by atoms with Crippen molar-refractivity contribution in [2.45, 2.75) is 18.2 Å². The van der Waals surface area contributed by atoms with E-state index in [4.69, 9.17) is 4.74 Å². The maximum atomic E-state index is 12.7. The van der Waals surface area contributed by atoms with Crippen molar-refractivity contribution in [1.29, 1.82) is 0 Å². The number of hydrogen-bond donors (Lipinski definition) is 1. The molecular weight excluding hydrogens is 328 g/mol. The van der Waals surface area contributed by atoms with Gasteiger partial charge in [-0.05, 0) is 30.9 Å². The van der Waals surface area contributed by atoms with E-state index in [9.17, 15) is 13.2 Å². The van der Waals surface area contributed by atoms with Gasteiger partial charge in [-0.25, -0.2) is 8.42 Å². The highest BCUT2D eigenvalue weighted by atomic mass is 32.2. The molecule has 1 heterocycles. The maximum absolute atomic E-state index is 12.7. The summed E-state index contributed by atoms with van der Waals surface area (Å²) in [6, 6.07) is 10.6. The highest BCUT2D eigenvalue weighted by Gasteiger charge is 2.36. The second kappa shape index (κ2) is 6.78. The summed E-state index contributed by atoms with van der Waals surface area (Å²) in [7, 11) is -3.68. The van der Waals surface area contributed by atoms with Crippen LogP contribution in [0.1, 0.15) is 13.3 Å². The number of amides is 1. The fourth-order valence-electron chi connectivity index (χ4n) is 2.86. The van der Waals surface area contributed by atoms with Gasteiger partial charge in [0.05, 0.1) is 10.6 Å². The quantitative estimate of drug-likeness (QED) is 0.776. The minimum Gasteiger partial charge on any atom is -0.382 e. The summed E-state index contributed by atoms with van der Waals surface area (Å²) >= 11 is 0. The van der Waals surface area contributed by atoms with E-state index in [1.54, 1.807) is 24.3 Å². The molecule has 0 unspecified atom stereocenters. The largest absolute Gasteiger partial charge is 0.382 e. The molecule has 0 fully saturated rings. The molecule has 0 bridgehead atoms. The number of ether oxygens (including phenoxy) is 1. The molecule has 1 amide bonds. The van der Waals surface area contributed by atoms with Gasteiger partial charge in [-0.15, -0.1) is 0 Å². The van der Waals surface area contributed by atoms with Crippen molar-refractivity contribution in [2.24, 2.45) is 0 Å². The lowest BCUT2D eigenvalue weighted by atomic mass is 10.1. The third-order valence-corrected chi connectivity index (χ3v) is 5.76. The van der Waals surface area contributed by atoms with E-state index in [2.05, 4.69) is 5.32 Å². The molecule has 7 heteroatoms. The zero-order chi connectivity index (χ0) is 17.2. The van der Waals surface area contributed by atoms with Gasteiger partial charge in [0.15, 0.2) is 0 Å². The number of benzene rings is 2. The van der Waals surface area contributed by atoms with Crippen molar-refractivity contribution in [2.75, 3.05) is 30.6 Å². The minimum atomic E-state index is -3.68. The van der Waals surface area contributed by atoms with Crippen LogP contribution in [0.4, 0.5) is 5.69 Å². The van der Waals surface area contributed by atoms with E-state index in [1.165, 1.54) is 4.31 Å². The van der Waals surface area contributed by atoms with Crippen LogP contribution in [0.5, 0.6) is 0 Å². The first-order valence-electron chi connectivity index (χ1n) is 7.94. The molecule has 1 aliphatic rings. The Morgan fingerprint density at radius 1 is 1.21 bits per heavy atom. The van der Waals surface area contributed by atoms with Crippen molar-refractivity contribution in [1.82, 2.24) is 5.32 Å². The van der Waals surface area contributed by atoms with Crippen LogP contribution >= 0.6 is 0 Å². The van der Waals surface area contributed by atoms with Crippen LogP contribution in [0, 0.1) is 0 Å². The van der Waals surface area contributed by atoms with Gasteiger partial charge in [0.25, 0.3) is 10.0 Å². The molecule has 0 aliphatic carbocycles. The van der Waals surface area contributed by atoms with Gasteiger partial charge in [-0.3, -0.25) is 9.10 Å². The number of carbonyl (C=O) groups excluding carboxylic acids is 1. The van der Waals surface area contributed by atoms with Crippen molar-refractivity contribution >= 4 is 32.4 Å². The van der Waals surface area contributed by atoms with E-state index in [0.29, 0.717) is 37.3 Å². The first-order valence-corrected chi connectivity index (χ1v) is 9.38. The Balaban J connectivity index is 1.76. The van der Waals surface area contributed by atoms with Gasteiger partial charge < -0.3 is 10.1 Å². The predicted octanol–water partition coefficient (Wildman–Crippen LogP) is 1.89. The average molecular weight is 348 g/mol. The molecule has 1 aliphatic heterocycles. The number of carbonyl (C=O) groups is 1. The number of rotatable bonds is 7. The number of anilines is 1. The molecule has 128 valence electrons. The Morgan fingerprint density at radius 2 is 1.96 bits per heavy atom. The van der Waals surface area contributed by atoms with Gasteiger partial charge in [0.1, 0.15) is 6.54 Å². The smallest absolute Gasteiger partial charge is 0.265 e. The molecule has 0 spiro atoms. The number of nitrogens with zero attached hydrogens (tertiary/aromatic N) is 1. The fourth-order valence-corrected chi connectivity index (χ4v) is 4.53. The predicted molar refractivity (Wildman–Crippen MR) is 92.6 cm³/mol. The molecule has 24 heavy (non-hydrogen) atoms. The van der Waals surface area contributed by atoms with Crippen molar-refractivity contribution in [3.05, 3.63) is 36.4 Å². The summed E-state index contributed by atoms with van der Waals surface area (Å²) < 4.78 is 31.9. The average Bonchev–Trinajstić information content (AvgIpc) is 2.78. The summed E-state index contributed by atoms with van der Waals surface area (Å²) in [4.78, 5) is 12.4. The molecule has 6 nitrogen and oxygen atoms in total. The lowest BCUT2D eigenvalue weighted by molar-refractivity contribution is -0.119. The van der Waals surface area contributed by atoms with Crippen molar-refractivity contribution < 1.29 is 17.9 Å². The first kappa shape index (κ1) is 16.7. The highest BCUT2D eigenvalue weighted by molar-refractivity contribution is 7.93. The maximum Gasteiger partial charge on any atom is 0.265 e. The third kappa shape index (κ3) is 2.97. The summed E-state index contributed by atoms with van der Waals surface area (Å²) in [6.07, 6.45) is 0.697. The van der Waals surface area contributed by atoms with Gasteiger partial charge in [0, 0.05) is 25.1 Å². The zero-order valence-corrected chi connectivity index (χ0v) is 14.3. The zero-order valence-electron chi connectivity index (χ0n) is 13.5. The van der Waals surface area contributed by atoms with Gasteiger partial charge in [-0.1, -0.05) is 24.3 Å². The van der Waals surface area contributed by atoms with E-state index >= 15 is 0 Å². The van der Waals surface area contributed by atoms with Crippen molar-refractivity contribution in [3.8, 4) is 0 Å². The molecule has 1 N–H and O–H groups in total. The van der Waals surface area contributed by atoms with Crippen LogP contribution in [-0.2, 0) is 19.6 Å². The molecule has 0 saturated carbocycles. The van der Waals surface area contributed by atoms with Gasteiger partial charge >= 0.3 is 0 Å². The Labute approximate surface area is 141 Å². The minimum absolute atomic E-state index is 0.217. The molecular formula is C17H20N2O4S. The Hall–Kier alpha value is -2.12. The number of nitrogens with one attached hydrogen (secondary N) is 1. The summed E-state index contributed by atoms with van der Waals surface area (Å²) in [5.74, 6) is -0.320. The lowest BCUT2D eigenvalue weighted by Gasteiger charge is -2.18. The summed E-state index contributed by atoms with van der Waals surface area (Å²) in [6.45, 7) is 3.37. The Morgan fingerprint density at radius 3 is 2.71 bits per heavy atom. The molecule has 2 aromatic rings. The van der Waals surface area contributed by atoms with E-state index < -0.39 is 10.0 Å². The Kier molecular flexibility index (Phi) is 4.73. The van der Waals surface area contributed by atoms with Gasteiger partial charge in [0.2, 0.25) is 5.91 Å². The molecule has 2 aromatic carbocycles. The summed E-state index contributed by atoms with van der Waals surface area (Å²) in [5.41, 5.74) is 0.563. The fraction of sp³-hybridized carbons (Fsp3) is 0.353. The third-order valence-electron chi connectivity index (χ3n) is 3.96. The van der Waals surface area contributed by atoms with Crippen LogP contribution in [0.2, 0.25) is 0 Å². The molecule has 0 aromatic heterocycles. The highest BCUT2D eigenvalue weighted by Crippen LogP contribution is 2.41. The number of hydrogen-bond acceptors (Lipinski definition) is 4. The molecule has 0 radical (unpaired) electrons. The Bertz CT molecular complexity index is 859. The monoisotopic (exact) mass is 348 g/mol. The van der Waals surface area contributed by atoms with Crippen LogP contribution < -0.4 is 9.62 Å². The van der Waals surface area contributed by atoms with E-state index in [1.807, 2.05) is 19.1 Å². The standard InChI is InChI=1S/C17H20N2O4S/c1-2-23-11-5-10-18-16(20)12-19-14-8-3-6-13-7-4-9-15(17(13)14)24(19,21)22/h3-4,6-9H,2,5,10-12H2,1H3,(H,18,20). The second-order valence-electron chi connectivity index (χ2n) is 5.54. The van der Waals surface area contributed by atoms with Crippen molar-refractivity contribution in [3.63, 3.8) is 0 Å². The normalized spacial score (nSPS) is 15.0. The van der Waals surface area contributed by atoms with E-state index in [0.717, 1.165) is 5.39 Å². The lowest BCUT2D eigenvalue weighted by Crippen LogP contribution is -2.39. The van der Waals surface area contributed by atoms with Crippen LogP contribution in [0.3, 0.4) is 0 Å². The van der Waals surface area contributed by atoms with Crippen LogP contribution in [0.15, 0.2) is 41.3 Å². The second-order valence-corrected chi connectivity index (χ2v) is 7.37. The molecule has 0 atom stereocenters. The van der Waals surface area contributed by atoms with E-state index in [-0.39, 0.29) is 17.3 Å². The van der Waals surface area contributed by atoms with Gasteiger partial charge in [-0.2, -0.15) is 0 Å². The van der Waals surface area contributed by atoms with Crippen LogP contribution in [0.25, 0.3) is 10.8 Å². The topological polar surface area (TPSA) is 75.7 Å². The number of sulfonamides is 1. The van der Waals surface area contributed by atoms with Crippen LogP contribution in [-0.4, -0.2) is 40.6 Å². The SMILES string of the molecule is CCOCCCNC(=O)CN1c2cccc3cccc(c23)S1(=O)=O.